The van der Waals surface area contributed by atoms with Crippen LogP contribution in [0.25, 0.3) is 0 Å². The molecule has 0 saturated carbocycles. The summed E-state index contributed by atoms with van der Waals surface area (Å²) in [7, 11) is 3.75. The molecule has 4 rings (SSSR count). The number of likely N-dealkylation sites (N-methyl/N-ethyl adjacent to an activating group) is 1. The Morgan fingerprint density at radius 1 is 1.04 bits per heavy atom. The normalized spacial score (nSPS) is 20.7. The van der Waals surface area contributed by atoms with Gasteiger partial charge >= 0.3 is 0 Å². The molecule has 7 heteroatoms. The molecule has 1 amide bonds. The van der Waals surface area contributed by atoms with Gasteiger partial charge in [-0.05, 0) is 41.9 Å². The number of hydrogen-bond acceptors (Lipinski definition) is 5. The number of hydrogen-bond donors (Lipinski definition) is 0. The van der Waals surface area contributed by atoms with Crippen molar-refractivity contribution >= 4 is 51.9 Å². The second-order valence-electron chi connectivity index (χ2n) is 6.27. The number of fused-ring (bicyclic) bond motifs is 1. The lowest BCUT2D eigenvalue weighted by atomic mass is 10.2. The molecule has 0 N–H and O–H groups in total. The van der Waals surface area contributed by atoms with Gasteiger partial charge in [0, 0.05) is 30.6 Å². The predicted molar refractivity (Wildman–Crippen MR) is 116 cm³/mol. The number of thioether (sulfide) groups is 2. The number of benzene rings is 2. The first-order valence-electron chi connectivity index (χ1n) is 8.54. The number of carbonyl (C=O) groups is 1. The number of nitrogens with zero attached hydrogens (tertiary/aromatic N) is 3. The first kappa shape index (κ1) is 18.5. The molecule has 0 radical (unpaired) electrons. The van der Waals surface area contributed by atoms with Crippen LogP contribution < -0.4 is 4.90 Å². The molecule has 0 unspecified atom stereocenters. The number of halogens is 1. The van der Waals surface area contributed by atoms with Crippen molar-refractivity contribution in [2.24, 2.45) is 4.99 Å². The van der Waals surface area contributed by atoms with Crippen LogP contribution in [-0.2, 0) is 11.2 Å². The average Bonchev–Trinajstić information content (AvgIpc) is 3.14. The van der Waals surface area contributed by atoms with E-state index in [1.807, 2.05) is 48.3 Å². The van der Waals surface area contributed by atoms with Crippen molar-refractivity contribution in [3.05, 3.63) is 69.1 Å². The van der Waals surface area contributed by atoms with Crippen LogP contribution in [0.5, 0.6) is 0 Å². The largest absolute Gasteiger partial charge is 0.337 e. The highest BCUT2D eigenvalue weighted by atomic mass is 35.5. The number of rotatable bonds is 3. The van der Waals surface area contributed by atoms with Gasteiger partial charge in [0.2, 0.25) is 0 Å². The number of carbonyl (C=O) groups excluding carboxylic acids is 1. The van der Waals surface area contributed by atoms with Crippen LogP contribution in [0.4, 0.5) is 5.69 Å². The molecule has 0 aliphatic carbocycles. The summed E-state index contributed by atoms with van der Waals surface area (Å²) < 4.78 is 0. The van der Waals surface area contributed by atoms with Crippen molar-refractivity contribution in [1.29, 1.82) is 0 Å². The highest BCUT2D eigenvalue weighted by Crippen LogP contribution is 2.50. The minimum absolute atomic E-state index is 0.00767. The highest BCUT2D eigenvalue weighted by Gasteiger charge is 2.37. The second-order valence-corrected chi connectivity index (χ2v) is 8.72. The van der Waals surface area contributed by atoms with E-state index in [9.17, 15) is 4.79 Å². The minimum Gasteiger partial charge on any atom is -0.337 e. The first-order chi connectivity index (χ1) is 13.0. The maximum atomic E-state index is 12.8. The van der Waals surface area contributed by atoms with E-state index in [0.29, 0.717) is 11.6 Å². The summed E-state index contributed by atoms with van der Waals surface area (Å²) in [6.45, 7) is 0.658. The zero-order valence-corrected chi connectivity index (χ0v) is 17.4. The Kier molecular flexibility index (Phi) is 5.21. The van der Waals surface area contributed by atoms with Gasteiger partial charge in [-0.15, -0.1) is 0 Å². The van der Waals surface area contributed by atoms with Gasteiger partial charge in [0.15, 0.2) is 5.17 Å². The number of amides is 1. The Hall–Kier alpha value is -1.89. The van der Waals surface area contributed by atoms with Crippen LogP contribution in [-0.4, -0.2) is 36.6 Å². The van der Waals surface area contributed by atoms with Crippen LogP contribution in [0.1, 0.15) is 5.56 Å². The lowest BCUT2D eigenvalue weighted by molar-refractivity contribution is -0.121. The lowest BCUT2D eigenvalue weighted by Crippen LogP contribution is -2.25. The molecule has 2 aromatic rings. The molecule has 0 spiro atoms. The van der Waals surface area contributed by atoms with Crippen LogP contribution in [0.15, 0.2) is 68.4 Å². The third-order valence-electron chi connectivity index (χ3n) is 4.46. The molecule has 138 valence electrons. The Labute approximate surface area is 172 Å². The smallest absolute Gasteiger partial charge is 0.269 e. The van der Waals surface area contributed by atoms with E-state index >= 15 is 0 Å². The second kappa shape index (κ2) is 7.62. The molecular weight excluding hydrogens is 398 g/mol. The zero-order chi connectivity index (χ0) is 19.0. The molecule has 2 aliphatic heterocycles. The predicted octanol–water partition coefficient (Wildman–Crippen LogP) is 4.85. The van der Waals surface area contributed by atoms with Crippen LogP contribution in [0, 0.1) is 0 Å². The Morgan fingerprint density at radius 3 is 2.59 bits per heavy atom. The van der Waals surface area contributed by atoms with Crippen molar-refractivity contribution in [2.45, 2.75) is 11.3 Å². The van der Waals surface area contributed by atoms with Gasteiger partial charge in [0.05, 0.1) is 10.7 Å². The zero-order valence-electron chi connectivity index (χ0n) is 15.0. The number of aliphatic imine (C=N–C) groups is 1. The molecule has 2 aliphatic rings. The Balaban J connectivity index is 1.54. The fourth-order valence-corrected chi connectivity index (χ4v) is 5.44. The summed E-state index contributed by atoms with van der Waals surface area (Å²) >= 11 is 9.18. The topological polar surface area (TPSA) is 35.9 Å². The SMILES string of the molecule is CN1C(=O)C(=C2Sc3ccc(Cl)cc3N2C)SC1=NCCc1ccccc1. The summed E-state index contributed by atoms with van der Waals surface area (Å²) in [6, 6.07) is 16.1. The van der Waals surface area contributed by atoms with Gasteiger partial charge in [-0.3, -0.25) is 14.7 Å². The van der Waals surface area contributed by atoms with Crippen molar-refractivity contribution in [3.63, 3.8) is 0 Å². The first-order valence-corrected chi connectivity index (χ1v) is 10.6. The maximum absolute atomic E-state index is 12.8. The molecule has 1 saturated heterocycles. The summed E-state index contributed by atoms with van der Waals surface area (Å²) in [5, 5.41) is 2.38. The van der Waals surface area contributed by atoms with E-state index in [1.54, 1.807) is 23.7 Å². The molecular formula is C20H18ClN3OS2. The van der Waals surface area contributed by atoms with Crippen molar-refractivity contribution in [1.82, 2.24) is 4.90 Å². The molecule has 1 fully saturated rings. The van der Waals surface area contributed by atoms with Crippen LogP contribution in [0.2, 0.25) is 5.02 Å². The quantitative estimate of drug-likeness (QED) is 0.671. The summed E-state index contributed by atoms with van der Waals surface area (Å²) in [6.07, 6.45) is 0.859. The molecule has 27 heavy (non-hydrogen) atoms. The third kappa shape index (κ3) is 3.61. The Morgan fingerprint density at radius 2 is 1.81 bits per heavy atom. The van der Waals surface area contributed by atoms with Gasteiger partial charge in [-0.25, -0.2) is 0 Å². The standard InChI is InChI=1S/C20H18ClN3OS2/c1-23-15-12-14(21)8-9-16(15)26-19(23)17-18(25)24(2)20(27-17)22-11-10-13-6-4-3-5-7-13/h3-9,12H,10-11H2,1-2H3. The molecule has 0 bridgehead atoms. The van der Waals surface area contributed by atoms with E-state index in [4.69, 9.17) is 11.6 Å². The van der Waals surface area contributed by atoms with Crippen molar-refractivity contribution in [2.75, 3.05) is 25.5 Å². The van der Waals surface area contributed by atoms with Gasteiger partial charge in [-0.2, -0.15) is 0 Å². The molecule has 0 aromatic heterocycles. The van der Waals surface area contributed by atoms with E-state index < -0.39 is 0 Å². The highest BCUT2D eigenvalue weighted by molar-refractivity contribution is 8.19. The van der Waals surface area contributed by atoms with Gasteiger partial charge in [-0.1, -0.05) is 53.7 Å². The molecule has 2 heterocycles. The Bertz CT molecular complexity index is 959. The van der Waals surface area contributed by atoms with E-state index in [0.717, 1.165) is 32.1 Å². The van der Waals surface area contributed by atoms with Crippen LogP contribution in [0.3, 0.4) is 0 Å². The lowest BCUT2D eigenvalue weighted by Gasteiger charge is -2.14. The van der Waals surface area contributed by atoms with Gasteiger partial charge in [0.25, 0.3) is 5.91 Å². The fourth-order valence-electron chi connectivity index (χ4n) is 2.96. The molecule has 4 nitrogen and oxygen atoms in total. The fraction of sp³-hybridized carbons (Fsp3) is 0.200. The monoisotopic (exact) mass is 415 g/mol. The van der Waals surface area contributed by atoms with Gasteiger partial charge in [0.1, 0.15) is 4.91 Å². The van der Waals surface area contributed by atoms with Gasteiger partial charge < -0.3 is 4.90 Å². The number of amidine groups is 1. The minimum atomic E-state index is -0.00767. The van der Waals surface area contributed by atoms with E-state index in [1.165, 1.54) is 17.3 Å². The summed E-state index contributed by atoms with van der Waals surface area (Å²) in [4.78, 5) is 23.0. The average molecular weight is 416 g/mol. The third-order valence-corrected chi connectivity index (χ3v) is 7.22. The molecule has 2 aromatic carbocycles. The summed E-state index contributed by atoms with van der Waals surface area (Å²) in [5.74, 6) is -0.00767. The van der Waals surface area contributed by atoms with E-state index in [-0.39, 0.29) is 5.91 Å². The van der Waals surface area contributed by atoms with Crippen molar-refractivity contribution in [3.8, 4) is 0 Å². The summed E-state index contributed by atoms with van der Waals surface area (Å²) in [5.41, 5.74) is 2.27. The van der Waals surface area contributed by atoms with Crippen LogP contribution >= 0.6 is 35.1 Å². The molecule has 0 atom stereocenters. The van der Waals surface area contributed by atoms with E-state index in [2.05, 4.69) is 17.1 Å². The van der Waals surface area contributed by atoms with Crippen molar-refractivity contribution < 1.29 is 4.79 Å². The maximum Gasteiger partial charge on any atom is 0.269 e. The number of anilines is 1.